The maximum absolute atomic E-state index is 12.1. The Bertz CT molecular complexity index is 5600. The summed E-state index contributed by atoms with van der Waals surface area (Å²) in [7, 11) is 1.66. The molecule has 0 spiro atoms. The van der Waals surface area contributed by atoms with E-state index in [1.807, 2.05) is 209 Å². The highest BCUT2D eigenvalue weighted by atomic mass is 16.6. The third-order valence-electron chi connectivity index (χ3n) is 23.0. The Kier molecular flexibility index (Phi) is 33.1. The Labute approximate surface area is 713 Å². The van der Waals surface area contributed by atoms with Gasteiger partial charge < -0.3 is 69.6 Å². The number of hydrogen-bond donors (Lipinski definition) is 10. The SMILES string of the molecule is CC(=O)N1CCC(CC(C(=O)O)c2c[nH]c3ccccc23)CC1.CC(C)(C)OC(=O)CCCCCCCC(C)(C(=O)O)c1c[nH]c2ccccc12.CCCC(C)CC(C(=O)O)c1c[nH]c2ccccc12.CCc1cc(COc2ccc3[nH]cc(CC(=O)O)c3c2)cc(OC)c1.O=C(O)C(CCc1cccc(-c2ccccc2)c1)c1c[nH]c2ccccc12. The molecule has 1 amide bonds. The van der Waals surface area contributed by atoms with Crippen LogP contribution in [0.2, 0.25) is 0 Å². The van der Waals surface area contributed by atoms with Gasteiger partial charge in [0.15, 0.2) is 0 Å². The number of carboxylic acids is 5. The van der Waals surface area contributed by atoms with Crippen LogP contribution in [0.3, 0.4) is 0 Å². The van der Waals surface area contributed by atoms with Gasteiger partial charge in [-0.2, -0.15) is 0 Å². The van der Waals surface area contributed by atoms with Crippen LogP contribution in [0.15, 0.2) is 219 Å². The number of carboxylic acid groups (broad SMARTS) is 5. The summed E-state index contributed by atoms with van der Waals surface area (Å²) in [5.41, 5.74) is 13.4. The zero-order valence-electron chi connectivity index (χ0n) is 71.6. The highest BCUT2D eigenvalue weighted by molar-refractivity contribution is 5.94. The van der Waals surface area contributed by atoms with Gasteiger partial charge in [-0.05, 0) is 208 Å². The minimum absolute atomic E-state index is 0.0147. The number of aromatic amines is 5. The molecule has 5 aromatic heterocycles. The molecule has 1 aliphatic heterocycles. The summed E-state index contributed by atoms with van der Waals surface area (Å²) >= 11 is 0. The number of nitrogens with one attached hydrogen (secondary N) is 5. The Morgan fingerprint density at radius 2 is 1.02 bits per heavy atom. The van der Waals surface area contributed by atoms with Gasteiger partial charge in [-0.1, -0.05) is 193 Å². The van der Waals surface area contributed by atoms with Crippen LogP contribution in [0.25, 0.3) is 65.6 Å². The molecule has 10 N–H and O–H groups in total. The average molecular weight is 1660 g/mol. The van der Waals surface area contributed by atoms with E-state index < -0.39 is 58.6 Å². The van der Waals surface area contributed by atoms with Crippen molar-refractivity contribution < 1.29 is 73.3 Å². The van der Waals surface area contributed by atoms with E-state index >= 15 is 0 Å². The summed E-state index contributed by atoms with van der Waals surface area (Å²) in [6.45, 7) is 17.3. The molecule has 1 fully saturated rings. The number of rotatable bonds is 33. The standard InChI is InChI=1S/C24H21NO2.C23H33NO4.C20H21NO4.C18H22N2O3.C16H21NO2/c26-24(27)21(22-16-25-23-12-5-4-11-20(22)23)14-13-17-7-6-10-19(15-17)18-8-2-1-3-9-18;1-22(2,3)28-20(25)14-8-6-5-7-11-15-23(4,21(26)27)18-16-24-19-13-10-9-12-17(18)19;1-3-13-6-14(8-17(7-13)24-2)12-25-16-4-5-19-18(10-16)15(11-21-19)9-20(22)23;1-12(21)20-8-6-13(7-9-20)10-15(18(22)23)16-11-19-17-5-3-2-4-14(16)17;1-3-6-11(2)9-13(16(18)19)14-10-17-15-8-5-4-7-12(14)15/h1-12,15-16,21,25H,13-14H2,(H,26,27);9-10,12-13,16,24H,5-8,11,14-15H2,1-4H3,(H,26,27);4-8,10-11,21H,3,9,12H2,1-2H3,(H,22,23);2-5,11,13,15,19H,6-10H2,1H3,(H,22,23);4-5,7-8,10-11,13,17H,3,6,9H2,1-2H3,(H,18,19). The third kappa shape index (κ3) is 25.5. The summed E-state index contributed by atoms with van der Waals surface area (Å²) < 4.78 is 16.6. The number of ether oxygens (including phenoxy) is 3. The van der Waals surface area contributed by atoms with Crippen molar-refractivity contribution in [3.05, 3.63) is 264 Å². The number of unbranched alkanes of at least 4 members (excludes halogenated alkanes) is 4. The Balaban J connectivity index is 0.000000161. The van der Waals surface area contributed by atoms with Gasteiger partial charge in [-0.25, -0.2) is 0 Å². The number of fused-ring (bicyclic) bond motifs is 5. The van der Waals surface area contributed by atoms with E-state index in [0.29, 0.717) is 56.3 Å². The second kappa shape index (κ2) is 44.1. The Morgan fingerprint density at radius 1 is 0.500 bits per heavy atom. The van der Waals surface area contributed by atoms with Gasteiger partial charge in [0.05, 0.1) is 36.7 Å². The van der Waals surface area contributed by atoms with Gasteiger partial charge in [0, 0.05) is 112 Å². The highest BCUT2D eigenvalue weighted by Crippen LogP contribution is 2.39. The maximum atomic E-state index is 12.1. The molecule has 642 valence electrons. The molecule has 0 aliphatic carbocycles. The minimum atomic E-state index is -0.907. The van der Waals surface area contributed by atoms with E-state index in [1.165, 1.54) is 11.1 Å². The zero-order valence-corrected chi connectivity index (χ0v) is 71.6. The molecule has 122 heavy (non-hydrogen) atoms. The lowest BCUT2D eigenvalue weighted by Crippen LogP contribution is -2.37. The van der Waals surface area contributed by atoms with Crippen LogP contribution in [0.4, 0.5) is 0 Å². The minimum Gasteiger partial charge on any atom is -0.497 e. The molecule has 5 unspecified atom stereocenters. The smallest absolute Gasteiger partial charge is 0.313 e. The summed E-state index contributed by atoms with van der Waals surface area (Å²) in [6.07, 6.45) is 22.1. The van der Waals surface area contributed by atoms with Gasteiger partial charge in [-0.3, -0.25) is 33.6 Å². The fraction of sp³-hybridized carbons (Fsp3) is 0.356. The average Bonchev–Trinajstić information content (AvgIpc) is 1.61. The lowest BCUT2D eigenvalue weighted by Gasteiger charge is -2.32. The zero-order chi connectivity index (χ0) is 87.5. The molecular formula is C101H118N6O15. The van der Waals surface area contributed by atoms with Crippen molar-refractivity contribution in [2.24, 2.45) is 11.8 Å². The number of amides is 1. The molecule has 21 nitrogen and oxygen atoms in total. The van der Waals surface area contributed by atoms with Gasteiger partial charge in [-0.15, -0.1) is 0 Å². The van der Waals surface area contributed by atoms with E-state index in [1.54, 1.807) is 20.2 Å². The van der Waals surface area contributed by atoms with Crippen molar-refractivity contribution in [1.29, 1.82) is 0 Å². The number of benzene rings is 8. The molecule has 0 radical (unpaired) electrons. The maximum Gasteiger partial charge on any atom is 0.313 e. The molecule has 21 heteroatoms. The summed E-state index contributed by atoms with van der Waals surface area (Å²) in [6, 6.07) is 61.7. The Hall–Kier alpha value is -12.7. The number of carbonyl (C=O) groups is 7. The number of nitrogens with zero attached hydrogens (tertiary/aromatic N) is 1. The number of aliphatic carboxylic acids is 5. The topological polar surface area (TPSA) is 331 Å². The predicted molar refractivity (Wildman–Crippen MR) is 482 cm³/mol. The van der Waals surface area contributed by atoms with E-state index in [-0.39, 0.29) is 18.3 Å². The lowest BCUT2D eigenvalue weighted by atomic mass is 9.78. The predicted octanol–water partition coefficient (Wildman–Crippen LogP) is 22.3. The van der Waals surface area contributed by atoms with Crippen molar-refractivity contribution in [2.45, 2.75) is 200 Å². The first-order chi connectivity index (χ1) is 58.6. The summed E-state index contributed by atoms with van der Waals surface area (Å²) in [4.78, 5) is 99.1. The molecule has 0 saturated carbocycles. The second-order valence-corrected chi connectivity index (χ2v) is 33.1. The fourth-order valence-corrected chi connectivity index (χ4v) is 16.4. The third-order valence-corrected chi connectivity index (χ3v) is 23.0. The van der Waals surface area contributed by atoms with Crippen molar-refractivity contribution >= 4 is 96.2 Å². The number of aryl methyl sites for hydroxylation is 2. The van der Waals surface area contributed by atoms with Crippen LogP contribution in [0.5, 0.6) is 11.5 Å². The van der Waals surface area contributed by atoms with E-state index in [2.05, 4.69) is 82.1 Å². The van der Waals surface area contributed by atoms with Crippen molar-refractivity contribution in [2.75, 3.05) is 20.2 Å². The van der Waals surface area contributed by atoms with Gasteiger partial charge >= 0.3 is 35.8 Å². The largest absolute Gasteiger partial charge is 0.497 e. The van der Waals surface area contributed by atoms with Crippen LogP contribution in [-0.2, 0) is 69.6 Å². The summed E-state index contributed by atoms with van der Waals surface area (Å²) in [5.74, 6) is -3.10. The van der Waals surface area contributed by atoms with Crippen LogP contribution in [-0.4, -0.2) is 123 Å². The first kappa shape index (κ1) is 91.7. The molecular weight excluding hydrogens is 1540 g/mol. The monoisotopic (exact) mass is 1650 g/mol. The van der Waals surface area contributed by atoms with Crippen LogP contribution in [0, 0.1) is 11.8 Å². The normalized spacial score (nSPS) is 13.6. The lowest BCUT2D eigenvalue weighted by molar-refractivity contribution is -0.155. The van der Waals surface area contributed by atoms with E-state index in [0.717, 1.165) is 188 Å². The number of H-pyrrole nitrogens is 5. The van der Waals surface area contributed by atoms with Gasteiger partial charge in [0.2, 0.25) is 5.91 Å². The fourth-order valence-electron chi connectivity index (χ4n) is 16.4. The molecule has 13 aromatic rings. The number of para-hydroxylation sites is 4. The van der Waals surface area contributed by atoms with E-state index in [4.69, 9.17) is 19.3 Å². The molecule has 6 heterocycles. The number of aromatic nitrogens is 5. The molecule has 1 saturated heterocycles. The number of methoxy groups -OCH3 is 1. The number of hydrogen-bond acceptors (Lipinski definition) is 10. The van der Waals surface area contributed by atoms with Crippen LogP contribution < -0.4 is 9.47 Å². The van der Waals surface area contributed by atoms with Crippen molar-refractivity contribution in [3.8, 4) is 22.6 Å². The molecule has 0 bridgehead atoms. The Morgan fingerprint density at radius 3 is 1.57 bits per heavy atom. The van der Waals surface area contributed by atoms with Crippen LogP contribution in [0.1, 0.15) is 208 Å². The number of esters is 1. The first-order valence-corrected chi connectivity index (χ1v) is 42.5. The van der Waals surface area contributed by atoms with Gasteiger partial charge in [0.1, 0.15) is 23.7 Å². The van der Waals surface area contributed by atoms with Gasteiger partial charge in [0.25, 0.3) is 0 Å². The second-order valence-electron chi connectivity index (χ2n) is 33.1. The molecule has 14 rings (SSSR count). The molecule has 1 aliphatic rings. The molecule has 5 atom stereocenters. The van der Waals surface area contributed by atoms with Crippen LogP contribution >= 0.6 is 0 Å². The summed E-state index contributed by atoms with van der Waals surface area (Å²) in [5, 5.41) is 52.8. The highest BCUT2D eigenvalue weighted by Gasteiger charge is 2.37. The number of carbonyl (C=O) groups excluding carboxylic acids is 2. The first-order valence-electron chi connectivity index (χ1n) is 42.5. The van der Waals surface area contributed by atoms with Crippen molar-refractivity contribution in [3.63, 3.8) is 0 Å². The van der Waals surface area contributed by atoms with E-state index in [9.17, 15) is 54.0 Å². The quantitative estimate of drug-likeness (QED) is 0.0135. The van der Waals surface area contributed by atoms with Crippen molar-refractivity contribution in [1.82, 2.24) is 29.8 Å². The molecule has 8 aromatic carbocycles. The number of likely N-dealkylation sites (tertiary alicyclic amines) is 1. The number of piperidine rings is 1.